The van der Waals surface area contributed by atoms with E-state index in [1.807, 2.05) is 67.0 Å². The number of nitrogens with zero attached hydrogens (tertiary/aromatic N) is 6. The van der Waals surface area contributed by atoms with E-state index < -0.39 is 5.79 Å². The Morgan fingerprint density at radius 3 is 1.24 bits per heavy atom. The highest BCUT2D eigenvalue weighted by Crippen LogP contribution is 2.60. The van der Waals surface area contributed by atoms with Gasteiger partial charge in [0.2, 0.25) is 0 Å². The lowest BCUT2D eigenvalue weighted by molar-refractivity contribution is -0.246. The predicted molar refractivity (Wildman–Crippen MR) is 374 cm³/mol. The van der Waals surface area contributed by atoms with Crippen LogP contribution >= 0.6 is 0 Å². The number of carbonyl (C=O) groups is 3. The molecular formula is C82H100N6O9. The van der Waals surface area contributed by atoms with E-state index in [0.717, 1.165) is 162 Å². The Kier molecular flexibility index (Phi) is 19.6. The molecule has 2 spiro atoms. The molecule has 7 fully saturated rings. The first-order valence-corrected chi connectivity index (χ1v) is 36.5. The maximum absolute atomic E-state index is 12.7. The standard InChI is InChI=1S/C23H28N2O2.C22H24N2O2.C21H24N2O.C16H24O4/c1-3-18-19-10-9-17-15-24-21(16-7-5-4-6-8-16)25-20(17)22(19,2)11-12-23(18)26-13-14-27-23;1-3-17-18-10-9-15-12-23-21(14-7-5-4-6-8-14)24-20(15)22(18,2)11-16(13-25)19(17)26;1-3-16-17-10-9-15-13-22-20(14-7-5-4-6-8-14)23-19(15)21(17,2)12-11-18(16)24;1-3-12-13-5-4-11(10-17)14(18)15(13,2)6-7-16(12)19-8-9-20-16/h4-8,15,18-19H,3,9-14H2,1-2H3;4-8,12-13,17-18,25H,3,9-11H2,1-2H3;4-8,13,16-17H,3,9-12H2,1-2H3;10,12-13,17H,3-9H2,1-2H3/b;16-13-;;11-10+/t18-,19-,22-;17-,18-,22-;16-,17-,21-;12-,13-,15-/m0000/s1. The number of hydrogen-bond donors (Lipinski definition) is 2. The second-order valence-corrected chi connectivity index (χ2v) is 30.3. The second kappa shape index (κ2) is 27.9. The topological polar surface area (TPSA) is 206 Å². The zero-order chi connectivity index (χ0) is 67.9. The fourth-order valence-electron chi connectivity index (χ4n) is 20.4. The summed E-state index contributed by atoms with van der Waals surface area (Å²) in [6.45, 7) is 20.5. The summed E-state index contributed by atoms with van der Waals surface area (Å²) in [5, 5.41) is 18.9. The van der Waals surface area contributed by atoms with Crippen LogP contribution in [0.15, 0.2) is 133 Å². The van der Waals surface area contributed by atoms with Crippen molar-refractivity contribution in [1.29, 1.82) is 0 Å². The summed E-state index contributed by atoms with van der Waals surface area (Å²) in [4.78, 5) is 66.8. The van der Waals surface area contributed by atoms with Crippen molar-refractivity contribution in [3.63, 3.8) is 0 Å². The molecule has 15 nitrogen and oxygen atoms in total. The van der Waals surface area contributed by atoms with E-state index in [1.165, 1.54) is 34.5 Å². The molecule has 2 N–H and O–H groups in total. The molecule has 15 heteroatoms. The number of fused-ring (bicyclic) bond motifs is 10. The molecule has 0 unspecified atom stereocenters. The monoisotopic (exact) mass is 1310 g/mol. The molecule has 3 aromatic heterocycles. The van der Waals surface area contributed by atoms with Crippen molar-refractivity contribution in [3.8, 4) is 34.2 Å². The van der Waals surface area contributed by atoms with E-state index in [9.17, 15) is 24.6 Å². The summed E-state index contributed by atoms with van der Waals surface area (Å²) in [6.07, 6.45) is 25.4. The van der Waals surface area contributed by atoms with Crippen molar-refractivity contribution in [2.45, 2.75) is 205 Å². The van der Waals surface area contributed by atoms with E-state index in [2.05, 4.69) is 113 Å². The number of aryl methyl sites for hydroxylation is 3. The zero-order valence-electron chi connectivity index (χ0n) is 58.4. The van der Waals surface area contributed by atoms with Crippen LogP contribution in [0.2, 0.25) is 0 Å². The van der Waals surface area contributed by atoms with Crippen LogP contribution in [0.1, 0.15) is 192 Å². The molecule has 5 heterocycles. The van der Waals surface area contributed by atoms with Gasteiger partial charge in [-0.2, -0.15) is 0 Å². The lowest BCUT2D eigenvalue weighted by atomic mass is 9.53. The minimum atomic E-state index is -0.459. The number of rotatable bonds is 7. The predicted octanol–water partition coefficient (Wildman–Crippen LogP) is 16.3. The van der Waals surface area contributed by atoms with E-state index in [4.69, 9.17) is 33.9 Å². The number of allylic oxidation sites excluding steroid dienone is 2. The van der Waals surface area contributed by atoms with Crippen LogP contribution in [0.3, 0.4) is 0 Å². The highest BCUT2D eigenvalue weighted by molar-refractivity contribution is 6.00. The average molecular weight is 1310 g/mol. The fourth-order valence-corrected chi connectivity index (χ4v) is 20.4. The lowest BCUT2D eigenvalue weighted by Crippen LogP contribution is -2.56. The zero-order valence-corrected chi connectivity index (χ0v) is 58.4. The molecule has 12 atom stereocenters. The van der Waals surface area contributed by atoms with Gasteiger partial charge in [-0.1, -0.05) is 146 Å². The van der Waals surface area contributed by atoms with E-state index >= 15 is 0 Å². The van der Waals surface area contributed by atoms with Crippen LogP contribution in [0.25, 0.3) is 34.2 Å². The number of aliphatic hydroxyl groups excluding tert-OH is 2. The number of benzene rings is 3. The first kappa shape index (κ1) is 68.4. The summed E-state index contributed by atoms with van der Waals surface area (Å²) < 4.78 is 24.3. The lowest BCUT2D eigenvalue weighted by Gasteiger charge is -2.55. The second-order valence-electron chi connectivity index (χ2n) is 30.3. The molecular weight excluding hydrogens is 1210 g/mol. The van der Waals surface area contributed by atoms with Crippen LogP contribution in [0.4, 0.5) is 0 Å². The maximum atomic E-state index is 12.7. The number of aromatic nitrogens is 6. The fraction of sp³-hybridized carbons (Fsp3) is 0.549. The molecule has 0 amide bonds. The molecule has 8 aliphatic carbocycles. The molecule has 512 valence electrons. The molecule has 0 bridgehead atoms. The van der Waals surface area contributed by atoms with Gasteiger partial charge in [0.15, 0.2) is 40.6 Å². The number of carbonyl (C=O) groups excluding carboxylic acids is 3. The summed E-state index contributed by atoms with van der Waals surface area (Å²) in [5.74, 6) is 4.63. The van der Waals surface area contributed by atoms with Crippen LogP contribution in [-0.4, -0.2) is 95.5 Å². The number of ketones is 3. The first-order chi connectivity index (χ1) is 46.9. The Hall–Kier alpha value is -7.17. The van der Waals surface area contributed by atoms with Gasteiger partial charge in [0.05, 0.1) is 56.0 Å². The van der Waals surface area contributed by atoms with Crippen molar-refractivity contribution < 1.29 is 43.5 Å². The maximum Gasteiger partial charge on any atom is 0.171 e. The third kappa shape index (κ3) is 12.1. The molecule has 97 heavy (non-hydrogen) atoms. The third-order valence-electron chi connectivity index (χ3n) is 25.5. The minimum Gasteiger partial charge on any atom is -0.515 e. The molecule has 2 aliphatic heterocycles. The number of ether oxygens (including phenoxy) is 4. The van der Waals surface area contributed by atoms with Crippen molar-refractivity contribution in [2.75, 3.05) is 26.4 Å². The normalized spacial score (nSPS) is 32.5. The highest BCUT2D eigenvalue weighted by atomic mass is 16.7. The molecule has 10 aliphatic rings. The van der Waals surface area contributed by atoms with Crippen LogP contribution in [0.5, 0.6) is 0 Å². The average Bonchev–Trinajstić information content (AvgIpc) is 1.72. The van der Waals surface area contributed by atoms with E-state index in [0.29, 0.717) is 67.2 Å². The van der Waals surface area contributed by atoms with Crippen LogP contribution in [0, 0.1) is 52.8 Å². The largest absolute Gasteiger partial charge is 0.515 e. The number of aliphatic hydroxyl groups is 2. The Labute approximate surface area is 573 Å². The van der Waals surface area contributed by atoms with Crippen LogP contribution < -0.4 is 0 Å². The smallest absolute Gasteiger partial charge is 0.171 e. The molecule has 0 radical (unpaired) electrons. The van der Waals surface area contributed by atoms with Gasteiger partial charge in [-0.3, -0.25) is 14.4 Å². The van der Waals surface area contributed by atoms with Gasteiger partial charge in [-0.25, -0.2) is 29.9 Å². The van der Waals surface area contributed by atoms with Crippen molar-refractivity contribution in [2.24, 2.45) is 52.8 Å². The van der Waals surface area contributed by atoms with Gasteiger partial charge in [0.25, 0.3) is 0 Å². The first-order valence-electron chi connectivity index (χ1n) is 36.5. The Morgan fingerprint density at radius 2 is 0.814 bits per heavy atom. The summed E-state index contributed by atoms with van der Waals surface area (Å²) >= 11 is 0. The molecule has 3 aromatic carbocycles. The van der Waals surface area contributed by atoms with Gasteiger partial charge < -0.3 is 29.2 Å². The Bertz CT molecular complexity index is 3910. The highest BCUT2D eigenvalue weighted by Gasteiger charge is 2.61. The van der Waals surface area contributed by atoms with Gasteiger partial charge in [0.1, 0.15) is 5.78 Å². The van der Waals surface area contributed by atoms with Crippen molar-refractivity contribution in [1.82, 2.24) is 29.9 Å². The van der Waals surface area contributed by atoms with Gasteiger partial charge in [0, 0.05) is 111 Å². The molecule has 2 saturated heterocycles. The molecule has 5 saturated carbocycles. The SMILES string of the molecule is CC[C@@H]1C(=O)/C(=C\O)C[C@]2(C)c3nc(-c4ccccc4)ncc3CC[C@@H]12.CC[C@@H]1C(=O)CC[C@]2(C)c3nc(-c4ccccc4)ncc3CC[C@@H]12.CC[C@H]1[C@@H]2CC/C(=C\O)C(=O)[C@@]2(C)CCC12OCCO2.CC[C@H]1[C@@H]2CCc3cnc(-c4ccccc4)nc3[C@@]2(C)CCC12OCCO2. The molecule has 6 aromatic rings. The number of Topliss-reactive ketones (excluding diaryl/α,β-unsaturated/α-hetero) is 3. The van der Waals surface area contributed by atoms with Gasteiger partial charge in [-0.05, 0) is 143 Å². The molecule has 16 rings (SSSR count). The van der Waals surface area contributed by atoms with Gasteiger partial charge >= 0.3 is 0 Å². The van der Waals surface area contributed by atoms with E-state index in [-0.39, 0.29) is 68.6 Å². The van der Waals surface area contributed by atoms with Crippen LogP contribution in [-0.2, 0) is 68.8 Å². The minimum absolute atomic E-state index is 0.00857. The van der Waals surface area contributed by atoms with Crippen molar-refractivity contribution >= 4 is 17.3 Å². The quantitative estimate of drug-likeness (QED) is 0.113. The summed E-state index contributed by atoms with van der Waals surface area (Å²) in [6, 6.07) is 30.5. The van der Waals surface area contributed by atoms with Crippen molar-refractivity contribution in [3.05, 3.63) is 167 Å². The Balaban J connectivity index is 0.000000117. The third-order valence-corrected chi connectivity index (χ3v) is 25.5. The van der Waals surface area contributed by atoms with Gasteiger partial charge in [-0.15, -0.1) is 0 Å². The number of hydrogen-bond acceptors (Lipinski definition) is 15. The Morgan fingerprint density at radius 1 is 0.433 bits per heavy atom. The summed E-state index contributed by atoms with van der Waals surface area (Å²) in [7, 11) is 0. The summed E-state index contributed by atoms with van der Waals surface area (Å²) in [5.41, 5.74) is 11.0. The van der Waals surface area contributed by atoms with E-state index in [1.54, 1.807) is 0 Å².